The lowest BCUT2D eigenvalue weighted by atomic mass is 9.70. The Balaban J connectivity index is 1.91. The summed E-state index contributed by atoms with van der Waals surface area (Å²) in [7, 11) is 0. The summed E-state index contributed by atoms with van der Waals surface area (Å²) >= 11 is 3.47. The first kappa shape index (κ1) is 14.6. The second-order valence-corrected chi connectivity index (χ2v) is 7.16. The lowest BCUT2D eigenvalue weighted by molar-refractivity contribution is 0.203. The van der Waals surface area contributed by atoms with Crippen LogP contribution in [0.15, 0.2) is 28.7 Å². The van der Waals surface area contributed by atoms with Gasteiger partial charge in [0.15, 0.2) is 0 Å². The van der Waals surface area contributed by atoms with Crippen molar-refractivity contribution in [3.05, 3.63) is 34.3 Å². The average molecular weight is 321 g/mol. The Labute approximate surface area is 124 Å². The summed E-state index contributed by atoms with van der Waals surface area (Å²) in [6.07, 6.45) is 3.30. The van der Waals surface area contributed by atoms with E-state index in [0.29, 0.717) is 0 Å². The fraction of sp³-hybridized carbons (Fsp3) is 0.562. The van der Waals surface area contributed by atoms with Gasteiger partial charge in [-0.15, -0.1) is 0 Å². The molecule has 0 aliphatic heterocycles. The highest BCUT2D eigenvalue weighted by Crippen LogP contribution is 2.39. The van der Waals surface area contributed by atoms with Crippen LogP contribution in [0.2, 0.25) is 0 Å². The molecule has 0 radical (unpaired) electrons. The van der Waals surface area contributed by atoms with Crippen molar-refractivity contribution >= 4 is 15.9 Å². The summed E-state index contributed by atoms with van der Waals surface area (Å²) in [5.74, 6) is 0. The molecule has 2 rings (SSSR count). The van der Waals surface area contributed by atoms with E-state index in [2.05, 4.69) is 65.4 Å². The molecule has 1 N–H and O–H groups in total. The predicted molar refractivity (Wildman–Crippen MR) is 81.9 cm³/mol. The summed E-state index contributed by atoms with van der Waals surface area (Å²) in [6.45, 7) is 6.20. The molecule has 1 fully saturated rings. The smallest absolute Gasteiger partial charge is 0.0703 e. The maximum atomic E-state index is 9.22. The van der Waals surface area contributed by atoms with Crippen LogP contribution in [-0.4, -0.2) is 13.1 Å². The molecule has 2 nitrogen and oxygen atoms in total. The van der Waals surface area contributed by atoms with E-state index in [-0.39, 0.29) is 10.8 Å². The highest BCUT2D eigenvalue weighted by Gasteiger charge is 2.37. The standard InChI is InChI=1S/C16H21BrN2/c1-15(2,13-4-6-14(17)7-5-13)11-19-12-16(10-18)8-3-9-16/h4-7,19H,3,8-9,11-12H2,1-2H3. The van der Waals surface area contributed by atoms with Gasteiger partial charge in [0.2, 0.25) is 0 Å². The van der Waals surface area contributed by atoms with Gasteiger partial charge < -0.3 is 5.32 Å². The van der Waals surface area contributed by atoms with Crippen LogP contribution in [0.25, 0.3) is 0 Å². The summed E-state index contributed by atoms with van der Waals surface area (Å²) in [4.78, 5) is 0. The van der Waals surface area contributed by atoms with Gasteiger partial charge in [0.1, 0.15) is 0 Å². The zero-order chi connectivity index (χ0) is 13.9. The second kappa shape index (κ2) is 5.64. The molecule has 0 amide bonds. The molecule has 1 aromatic rings. The molecule has 0 spiro atoms. The molecule has 3 heteroatoms. The van der Waals surface area contributed by atoms with Gasteiger partial charge in [0, 0.05) is 23.0 Å². The molecule has 1 saturated carbocycles. The van der Waals surface area contributed by atoms with Crippen LogP contribution in [-0.2, 0) is 5.41 Å². The second-order valence-electron chi connectivity index (χ2n) is 6.24. The van der Waals surface area contributed by atoms with Crippen LogP contribution < -0.4 is 5.32 Å². The summed E-state index contributed by atoms with van der Waals surface area (Å²) in [6, 6.07) is 11.0. The lowest BCUT2D eigenvalue weighted by Gasteiger charge is -2.36. The van der Waals surface area contributed by atoms with E-state index in [1.54, 1.807) is 0 Å². The normalized spacial score (nSPS) is 17.6. The molecular weight excluding hydrogens is 300 g/mol. The molecule has 19 heavy (non-hydrogen) atoms. The number of nitrogens with zero attached hydrogens (tertiary/aromatic N) is 1. The van der Waals surface area contributed by atoms with Gasteiger partial charge in [-0.05, 0) is 30.5 Å². The van der Waals surface area contributed by atoms with Crippen molar-refractivity contribution in [2.75, 3.05) is 13.1 Å². The van der Waals surface area contributed by atoms with Gasteiger partial charge in [0.05, 0.1) is 11.5 Å². The zero-order valence-electron chi connectivity index (χ0n) is 11.7. The molecule has 0 saturated heterocycles. The fourth-order valence-corrected chi connectivity index (χ4v) is 2.81. The lowest BCUT2D eigenvalue weighted by Crippen LogP contribution is -2.43. The number of hydrogen-bond donors (Lipinski definition) is 1. The SMILES string of the molecule is CC(C)(CNCC1(C#N)CCC1)c1ccc(Br)cc1. The van der Waals surface area contributed by atoms with Crippen molar-refractivity contribution in [3.8, 4) is 6.07 Å². The molecule has 0 aromatic heterocycles. The zero-order valence-corrected chi connectivity index (χ0v) is 13.3. The Bertz CT molecular complexity index is 467. The van der Waals surface area contributed by atoms with E-state index in [0.717, 1.165) is 30.4 Å². The van der Waals surface area contributed by atoms with E-state index in [1.807, 2.05) is 0 Å². The number of halogens is 1. The summed E-state index contributed by atoms with van der Waals surface area (Å²) in [5, 5.41) is 12.7. The molecule has 0 atom stereocenters. The molecule has 0 heterocycles. The van der Waals surface area contributed by atoms with Crippen LogP contribution in [0.1, 0.15) is 38.7 Å². The largest absolute Gasteiger partial charge is 0.314 e. The quantitative estimate of drug-likeness (QED) is 0.889. The Morgan fingerprint density at radius 2 is 1.95 bits per heavy atom. The highest BCUT2D eigenvalue weighted by molar-refractivity contribution is 9.10. The van der Waals surface area contributed by atoms with E-state index >= 15 is 0 Å². The molecule has 0 bridgehead atoms. The first-order valence-electron chi connectivity index (χ1n) is 6.86. The third-order valence-corrected chi connectivity index (χ3v) is 4.73. The predicted octanol–water partition coefficient (Wildman–Crippen LogP) is 4.01. The highest BCUT2D eigenvalue weighted by atomic mass is 79.9. The minimum Gasteiger partial charge on any atom is -0.314 e. The number of rotatable bonds is 5. The van der Waals surface area contributed by atoms with Crippen LogP contribution >= 0.6 is 15.9 Å². The van der Waals surface area contributed by atoms with Crippen molar-refractivity contribution < 1.29 is 0 Å². The third kappa shape index (κ3) is 3.38. The van der Waals surface area contributed by atoms with Crippen molar-refractivity contribution in [3.63, 3.8) is 0 Å². The molecule has 1 aliphatic rings. The van der Waals surface area contributed by atoms with Gasteiger partial charge in [-0.3, -0.25) is 0 Å². The molecule has 1 aromatic carbocycles. The Morgan fingerprint density at radius 3 is 2.42 bits per heavy atom. The van der Waals surface area contributed by atoms with Crippen LogP contribution in [0, 0.1) is 16.7 Å². The van der Waals surface area contributed by atoms with Gasteiger partial charge in [0.25, 0.3) is 0 Å². The van der Waals surface area contributed by atoms with Crippen LogP contribution in [0.4, 0.5) is 0 Å². The Hall–Kier alpha value is -0.850. The average Bonchev–Trinajstić information content (AvgIpc) is 2.33. The minimum absolute atomic E-state index is 0.0844. The van der Waals surface area contributed by atoms with Gasteiger partial charge in [-0.25, -0.2) is 0 Å². The molecule has 102 valence electrons. The third-order valence-electron chi connectivity index (χ3n) is 4.20. The van der Waals surface area contributed by atoms with E-state index in [4.69, 9.17) is 0 Å². The Morgan fingerprint density at radius 1 is 1.32 bits per heavy atom. The fourth-order valence-electron chi connectivity index (χ4n) is 2.55. The number of nitriles is 1. The van der Waals surface area contributed by atoms with Crippen molar-refractivity contribution in [1.82, 2.24) is 5.32 Å². The van der Waals surface area contributed by atoms with E-state index < -0.39 is 0 Å². The molecular formula is C16H21BrN2. The topological polar surface area (TPSA) is 35.8 Å². The molecule has 1 aliphatic carbocycles. The first-order valence-corrected chi connectivity index (χ1v) is 7.65. The maximum absolute atomic E-state index is 9.22. The number of hydrogen-bond acceptors (Lipinski definition) is 2. The molecule has 0 unspecified atom stereocenters. The van der Waals surface area contributed by atoms with Crippen LogP contribution in [0.5, 0.6) is 0 Å². The monoisotopic (exact) mass is 320 g/mol. The van der Waals surface area contributed by atoms with Crippen molar-refractivity contribution in [1.29, 1.82) is 5.26 Å². The number of nitrogens with one attached hydrogen (secondary N) is 1. The first-order chi connectivity index (χ1) is 8.97. The van der Waals surface area contributed by atoms with Crippen molar-refractivity contribution in [2.24, 2.45) is 5.41 Å². The van der Waals surface area contributed by atoms with Crippen molar-refractivity contribution in [2.45, 2.75) is 38.5 Å². The Kier molecular flexibility index (Phi) is 4.32. The maximum Gasteiger partial charge on any atom is 0.0703 e. The van der Waals surface area contributed by atoms with Crippen LogP contribution in [0.3, 0.4) is 0 Å². The summed E-state index contributed by atoms with van der Waals surface area (Å²) < 4.78 is 1.11. The van der Waals surface area contributed by atoms with Gasteiger partial charge in [-0.2, -0.15) is 5.26 Å². The summed E-state index contributed by atoms with van der Waals surface area (Å²) in [5.41, 5.74) is 1.32. The minimum atomic E-state index is -0.0875. The van der Waals surface area contributed by atoms with Gasteiger partial charge in [-0.1, -0.05) is 48.3 Å². The van der Waals surface area contributed by atoms with E-state index in [1.165, 1.54) is 12.0 Å². The van der Waals surface area contributed by atoms with E-state index in [9.17, 15) is 5.26 Å². The van der Waals surface area contributed by atoms with Gasteiger partial charge >= 0.3 is 0 Å². The number of benzene rings is 1.